The normalized spacial score (nSPS) is 15.6. The van der Waals surface area contributed by atoms with E-state index in [1.54, 1.807) is 0 Å². The van der Waals surface area contributed by atoms with Crippen molar-refractivity contribution in [3.8, 4) is 0 Å². The maximum Gasteiger partial charge on any atom is 0.106 e. The van der Waals surface area contributed by atoms with Crippen molar-refractivity contribution in [1.29, 1.82) is 0 Å². The molecule has 0 radical (unpaired) electrons. The summed E-state index contributed by atoms with van der Waals surface area (Å²) in [6.07, 6.45) is 3.91. The zero-order valence-corrected chi connectivity index (χ0v) is 10.3. The number of aromatic nitrogens is 2. The molecule has 3 heteroatoms. The lowest BCUT2D eigenvalue weighted by molar-refractivity contribution is 0.579. The van der Waals surface area contributed by atoms with Crippen LogP contribution in [0.25, 0.3) is 11.0 Å². The molecule has 1 fully saturated rings. The van der Waals surface area contributed by atoms with Gasteiger partial charge in [-0.3, -0.25) is 0 Å². The monoisotopic (exact) mass is 229 g/mol. The van der Waals surface area contributed by atoms with E-state index in [2.05, 4.69) is 40.0 Å². The van der Waals surface area contributed by atoms with Crippen molar-refractivity contribution < 1.29 is 0 Å². The Balaban J connectivity index is 1.68. The smallest absolute Gasteiger partial charge is 0.106 e. The second-order valence-corrected chi connectivity index (χ2v) is 4.88. The zero-order valence-electron chi connectivity index (χ0n) is 10.3. The summed E-state index contributed by atoms with van der Waals surface area (Å²) in [7, 11) is 0. The third-order valence-electron chi connectivity index (χ3n) is 3.41. The van der Waals surface area contributed by atoms with Gasteiger partial charge in [0.1, 0.15) is 5.82 Å². The molecule has 2 aromatic rings. The standard InChI is InChI=1S/C14H19N3/c1-11-16-13-5-2-3-6-14(13)17(11)10-4-9-15-12-7-8-12/h2-3,5-6,12,15H,4,7-10H2,1H3. The lowest BCUT2D eigenvalue weighted by Gasteiger charge is -2.07. The molecule has 1 N–H and O–H groups in total. The van der Waals surface area contributed by atoms with E-state index >= 15 is 0 Å². The van der Waals surface area contributed by atoms with Gasteiger partial charge in [0, 0.05) is 12.6 Å². The maximum atomic E-state index is 4.58. The summed E-state index contributed by atoms with van der Waals surface area (Å²) in [5, 5.41) is 3.55. The molecular formula is C14H19N3. The molecule has 0 unspecified atom stereocenters. The van der Waals surface area contributed by atoms with Gasteiger partial charge in [0.2, 0.25) is 0 Å². The Morgan fingerprint density at radius 2 is 2.18 bits per heavy atom. The summed E-state index contributed by atoms with van der Waals surface area (Å²) < 4.78 is 2.32. The van der Waals surface area contributed by atoms with E-state index < -0.39 is 0 Å². The van der Waals surface area contributed by atoms with Crippen LogP contribution < -0.4 is 5.32 Å². The molecule has 0 aliphatic heterocycles. The third-order valence-corrected chi connectivity index (χ3v) is 3.41. The van der Waals surface area contributed by atoms with Gasteiger partial charge in [0.15, 0.2) is 0 Å². The number of rotatable bonds is 5. The summed E-state index contributed by atoms with van der Waals surface area (Å²) >= 11 is 0. The molecule has 1 aliphatic rings. The Morgan fingerprint density at radius 1 is 1.35 bits per heavy atom. The quantitative estimate of drug-likeness (QED) is 0.798. The van der Waals surface area contributed by atoms with Crippen molar-refractivity contribution in [2.75, 3.05) is 6.54 Å². The first-order chi connectivity index (χ1) is 8.34. The van der Waals surface area contributed by atoms with Gasteiger partial charge in [-0.1, -0.05) is 12.1 Å². The molecule has 3 nitrogen and oxygen atoms in total. The minimum Gasteiger partial charge on any atom is -0.328 e. The number of benzene rings is 1. The first-order valence-electron chi connectivity index (χ1n) is 6.50. The van der Waals surface area contributed by atoms with E-state index in [4.69, 9.17) is 0 Å². The molecule has 1 saturated carbocycles. The van der Waals surface area contributed by atoms with Gasteiger partial charge in [-0.25, -0.2) is 4.98 Å². The molecule has 1 aliphatic carbocycles. The third kappa shape index (κ3) is 2.34. The summed E-state index contributed by atoms with van der Waals surface area (Å²) in [6, 6.07) is 9.19. The number of hydrogen-bond donors (Lipinski definition) is 1. The largest absolute Gasteiger partial charge is 0.328 e. The van der Waals surface area contributed by atoms with Crippen LogP contribution in [0.2, 0.25) is 0 Å². The van der Waals surface area contributed by atoms with Crippen molar-refractivity contribution in [2.24, 2.45) is 0 Å². The summed E-state index contributed by atoms with van der Waals surface area (Å²) in [6.45, 7) is 4.27. The van der Waals surface area contributed by atoms with Gasteiger partial charge in [0.25, 0.3) is 0 Å². The van der Waals surface area contributed by atoms with Gasteiger partial charge in [-0.2, -0.15) is 0 Å². The highest BCUT2D eigenvalue weighted by Gasteiger charge is 2.19. The van der Waals surface area contributed by atoms with E-state index in [1.807, 2.05) is 6.07 Å². The summed E-state index contributed by atoms with van der Waals surface area (Å²) in [5.74, 6) is 1.12. The van der Waals surface area contributed by atoms with Gasteiger partial charge in [-0.15, -0.1) is 0 Å². The average molecular weight is 229 g/mol. The van der Waals surface area contributed by atoms with Crippen molar-refractivity contribution in [3.05, 3.63) is 30.1 Å². The first kappa shape index (κ1) is 10.8. The van der Waals surface area contributed by atoms with E-state index in [0.29, 0.717) is 0 Å². The minimum atomic E-state index is 0.815. The Morgan fingerprint density at radius 3 is 3.00 bits per heavy atom. The SMILES string of the molecule is Cc1nc2ccccc2n1CCCNC1CC1. The zero-order chi connectivity index (χ0) is 11.7. The van der Waals surface area contributed by atoms with Crippen molar-refractivity contribution >= 4 is 11.0 Å². The highest BCUT2D eigenvalue weighted by Crippen LogP contribution is 2.19. The molecule has 90 valence electrons. The summed E-state index contributed by atoms with van der Waals surface area (Å²) in [5.41, 5.74) is 2.37. The second kappa shape index (κ2) is 4.49. The lowest BCUT2D eigenvalue weighted by atomic mass is 10.3. The van der Waals surface area contributed by atoms with Gasteiger partial charge in [-0.05, 0) is 44.9 Å². The van der Waals surface area contributed by atoms with Gasteiger partial charge < -0.3 is 9.88 Å². The van der Waals surface area contributed by atoms with E-state index in [1.165, 1.54) is 24.8 Å². The number of nitrogens with zero attached hydrogens (tertiary/aromatic N) is 2. The predicted molar refractivity (Wildman–Crippen MR) is 70.1 cm³/mol. The van der Waals surface area contributed by atoms with Crippen molar-refractivity contribution in [2.45, 2.75) is 38.8 Å². The van der Waals surface area contributed by atoms with Crippen LogP contribution in [0.4, 0.5) is 0 Å². The molecule has 0 bridgehead atoms. The molecule has 0 spiro atoms. The first-order valence-corrected chi connectivity index (χ1v) is 6.50. The summed E-state index contributed by atoms with van der Waals surface area (Å²) in [4.78, 5) is 4.58. The van der Waals surface area contributed by atoms with Crippen LogP contribution in [0.3, 0.4) is 0 Å². The van der Waals surface area contributed by atoms with Gasteiger partial charge >= 0.3 is 0 Å². The average Bonchev–Trinajstić information content (AvgIpc) is 3.09. The molecule has 1 aromatic heterocycles. The Hall–Kier alpha value is -1.35. The molecular weight excluding hydrogens is 210 g/mol. The van der Waals surface area contributed by atoms with E-state index in [9.17, 15) is 0 Å². The highest BCUT2D eigenvalue weighted by atomic mass is 15.1. The van der Waals surface area contributed by atoms with Crippen LogP contribution in [0.15, 0.2) is 24.3 Å². The van der Waals surface area contributed by atoms with Gasteiger partial charge in [0.05, 0.1) is 11.0 Å². The second-order valence-electron chi connectivity index (χ2n) is 4.88. The van der Waals surface area contributed by atoms with Crippen LogP contribution in [-0.2, 0) is 6.54 Å². The van der Waals surface area contributed by atoms with Crippen LogP contribution in [0, 0.1) is 6.92 Å². The minimum absolute atomic E-state index is 0.815. The number of hydrogen-bond acceptors (Lipinski definition) is 2. The molecule has 0 atom stereocenters. The Bertz CT molecular complexity index is 511. The number of imidazole rings is 1. The Labute approximate surface area is 102 Å². The molecule has 3 rings (SSSR count). The molecule has 1 aromatic carbocycles. The van der Waals surface area contributed by atoms with Crippen LogP contribution in [0.1, 0.15) is 25.1 Å². The fourth-order valence-electron chi connectivity index (χ4n) is 2.31. The fourth-order valence-corrected chi connectivity index (χ4v) is 2.31. The van der Waals surface area contributed by atoms with Crippen molar-refractivity contribution in [3.63, 3.8) is 0 Å². The number of aryl methyl sites for hydroxylation is 2. The number of nitrogens with one attached hydrogen (secondary N) is 1. The van der Waals surface area contributed by atoms with Crippen LogP contribution in [0.5, 0.6) is 0 Å². The number of para-hydroxylation sites is 2. The van der Waals surface area contributed by atoms with Crippen molar-refractivity contribution in [1.82, 2.24) is 14.9 Å². The van der Waals surface area contributed by atoms with Crippen LogP contribution >= 0.6 is 0 Å². The molecule has 0 saturated heterocycles. The number of fused-ring (bicyclic) bond motifs is 1. The topological polar surface area (TPSA) is 29.9 Å². The Kier molecular flexibility index (Phi) is 2.85. The van der Waals surface area contributed by atoms with Crippen LogP contribution in [-0.4, -0.2) is 22.1 Å². The maximum absolute atomic E-state index is 4.58. The van der Waals surface area contributed by atoms with E-state index in [-0.39, 0.29) is 0 Å². The molecule has 17 heavy (non-hydrogen) atoms. The fraction of sp³-hybridized carbons (Fsp3) is 0.500. The molecule has 0 amide bonds. The van der Waals surface area contributed by atoms with E-state index in [0.717, 1.165) is 30.5 Å². The molecule has 1 heterocycles. The lowest BCUT2D eigenvalue weighted by Crippen LogP contribution is -2.19. The predicted octanol–water partition coefficient (Wildman–Crippen LogP) is 2.49. The highest BCUT2D eigenvalue weighted by molar-refractivity contribution is 5.75.